The summed E-state index contributed by atoms with van der Waals surface area (Å²) in [5.74, 6) is -3.51. The molecule has 1 aromatic heterocycles. The topological polar surface area (TPSA) is 137 Å². The highest BCUT2D eigenvalue weighted by Crippen LogP contribution is 2.46. The Bertz CT molecular complexity index is 1190. The molecule has 10 heteroatoms. The molecule has 9 nitrogen and oxygen atoms in total. The lowest BCUT2D eigenvalue weighted by atomic mass is 9.60. The van der Waals surface area contributed by atoms with E-state index in [9.17, 15) is 24.3 Å². The van der Waals surface area contributed by atoms with E-state index in [1.165, 1.54) is 6.92 Å². The van der Waals surface area contributed by atoms with Gasteiger partial charge in [0.2, 0.25) is 5.91 Å². The lowest BCUT2D eigenvalue weighted by molar-refractivity contribution is -0.165. The van der Waals surface area contributed by atoms with Crippen molar-refractivity contribution in [2.75, 3.05) is 6.54 Å². The van der Waals surface area contributed by atoms with Crippen molar-refractivity contribution in [3.8, 4) is 10.4 Å². The highest BCUT2D eigenvalue weighted by atomic mass is 32.1. The van der Waals surface area contributed by atoms with Gasteiger partial charge in [0.1, 0.15) is 0 Å². The molecular formula is C30H42N4O5S. The van der Waals surface area contributed by atoms with Crippen LogP contribution in [0.5, 0.6) is 0 Å². The largest absolute Gasteiger partial charge is 0.390 e. The number of nitrogens with zero attached hydrogens (tertiary/aromatic N) is 1. The number of hydrogen-bond acceptors (Lipinski definition) is 8. The lowest BCUT2D eigenvalue weighted by Crippen LogP contribution is -2.77. The van der Waals surface area contributed by atoms with Gasteiger partial charge < -0.3 is 15.7 Å². The number of amides is 2. The summed E-state index contributed by atoms with van der Waals surface area (Å²) < 4.78 is 0. The van der Waals surface area contributed by atoms with Gasteiger partial charge in [0.05, 0.1) is 22.2 Å². The Hall–Kier alpha value is -2.95. The fourth-order valence-corrected chi connectivity index (χ4v) is 6.78. The number of thiazole rings is 1. The molecule has 4 N–H and O–H groups in total. The number of ketones is 2. The highest BCUT2D eigenvalue weighted by molar-refractivity contribution is 7.13. The van der Waals surface area contributed by atoms with Crippen molar-refractivity contribution in [1.82, 2.24) is 20.9 Å². The number of aliphatic hydroxyl groups is 1. The first-order valence-electron chi connectivity index (χ1n) is 14.1. The van der Waals surface area contributed by atoms with Crippen LogP contribution in [0.2, 0.25) is 0 Å². The summed E-state index contributed by atoms with van der Waals surface area (Å²) in [5, 5.41) is 19.9. The molecule has 0 bridgehead atoms. The molecule has 218 valence electrons. The van der Waals surface area contributed by atoms with Gasteiger partial charge in [-0.05, 0) is 43.7 Å². The van der Waals surface area contributed by atoms with Gasteiger partial charge in [0.15, 0.2) is 22.6 Å². The number of carbonyl (C=O) groups is 4. The molecule has 1 saturated heterocycles. The van der Waals surface area contributed by atoms with E-state index in [1.54, 1.807) is 16.8 Å². The van der Waals surface area contributed by atoms with E-state index in [2.05, 4.69) is 20.9 Å². The Morgan fingerprint density at radius 2 is 1.57 bits per heavy atom. The predicted octanol–water partition coefficient (Wildman–Crippen LogP) is 3.53. The van der Waals surface area contributed by atoms with Crippen molar-refractivity contribution in [3.05, 3.63) is 41.0 Å². The van der Waals surface area contributed by atoms with Gasteiger partial charge >= 0.3 is 0 Å². The fraction of sp³-hybridized carbons (Fsp3) is 0.567. The van der Waals surface area contributed by atoms with Crippen LogP contribution in [-0.4, -0.2) is 51.8 Å². The number of nitrogens with one attached hydrogen (secondary N) is 3. The van der Waals surface area contributed by atoms with Gasteiger partial charge in [-0.3, -0.25) is 24.5 Å². The van der Waals surface area contributed by atoms with E-state index in [4.69, 9.17) is 0 Å². The quantitative estimate of drug-likeness (QED) is 0.270. The first kappa shape index (κ1) is 31.6. The number of aromatic nitrogens is 1. The molecule has 0 radical (unpaired) electrons. The standard InChI is InChI=1S/C30H42N4O5S/c1-7-21(8-2)26(37)29(27(38)22(9-3)10-4)24(36)16-33-30(29,34-19(6)35)28(39)31-15-20-11-13-23(14-12-20)25-18(5)32-17-40-25/h11-14,17,21-22,24,33,36H,7-10,15-16H2,1-6H3,(H,31,39)(H,34,35)/t24?,30-/m1/s1. The molecule has 0 aliphatic carbocycles. The molecule has 3 rings (SSSR count). The average Bonchev–Trinajstić information content (AvgIpc) is 3.49. The second-order valence-corrected chi connectivity index (χ2v) is 11.4. The molecule has 2 amide bonds. The molecule has 2 heterocycles. The minimum Gasteiger partial charge on any atom is -0.390 e. The van der Waals surface area contributed by atoms with Crippen LogP contribution >= 0.6 is 11.3 Å². The zero-order valence-corrected chi connectivity index (χ0v) is 25.1. The minimum atomic E-state index is -2.18. The SMILES string of the molecule is CCC(CC)C(=O)C1(C(=O)C(CC)CC)C(O)CN[C@@]1(NC(C)=O)C(=O)NCc1ccc(-c2scnc2C)cc1. The molecule has 1 aliphatic rings. The van der Waals surface area contributed by atoms with Gasteiger partial charge in [0.25, 0.3) is 5.91 Å². The maximum Gasteiger partial charge on any atom is 0.262 e. The number of β-amino-alcohol motifs (C(OH)–C–C–N with tert-alkyl or cyclic N) is 1. The number of benzene rings is 1. The van der Waals surface area contributed by atoms with Crippen molar-refractivity contribution in [2.24, 2.45) is 17.3 Å². The fourth-order valence-electron chi connectivity index (χ4n) is 5.97. The van der Waals surface area contributed by atoms with Crippen LogP contribution < -0.4 is 16.0 Å². The van der Waals surface area contributed by atoms with E-state index < -0.39 is 52.4 Å². The van der Waals surface area contributed by atoms with E-state index >= 15 is 0 Å². The van der Waals surface area contributed by atoms with Gasteiger partial charge in [0, 0.05) is 31.8 Å². The number of rotatable bonds is 13. The molecule has 1 aromatic carbocycles. The van der Waals surface area contributed by atoms with Crippen molar-refractivity contribution in [3.63, 3.8) is 0 Å². The van der Waals surface area contributed by atoms with Crippen molar-refractivity contribution in [2.45, 2.75) is 85.5 Å². The summed E-state index contributed by atoms with van der Waals surface area (Å²) >= 11 is 1.55. The summed E-state index contributed by atoms with van der Waals surface area (Å²) in [6.45, 7) is 10.4. The summed E-state index contributed by atoms with van der Waals surface area (Å²) in [6.07, 6.45) is 0.243. The Balaban J connectivity index is 2.05. The Labute approximate surface area is 240 Å². The van der Waals surface area contributed by atoms with Crippen LogP contribution in [-0.2, 0) is 25.7 Å². The Morgan fingerprint density at radius 1 is 1.02 bits per heavy atom. The molecule has 40 heavy (non-hydrogen) atoms. The summed E-state index contributed by atoms with van der Waals surface area (Å²) in [6, 6.07) is 7.66. The van der Waals surface area contributed by atoms with Crippen molar-refractivity contribution < 1.29 is 24.3 Å². The summed E-state index contributed by atoms with van der Waals surface area (Å²) in [4.78, 5) is 60.7. The predicted molar refractivity (Wildman–Crippen MR) is 155 cm³/mol. The number of hydrogen-bond donors (Lipinski definition) is 4. The molecule has 1 unspecified atom stereocenters. The molecule has 1 fully saturated rings. The Kier molecular flexibility index (Phi) is 10.4. The highest BCUT2D eigenvalue weighted by Gasteiger charge is 2.73. The number of carbonyl (C=O) groups excluding carboxylic acids is 4. The van der Waals surface area contributed by atoms with Crippen LogP contribution in [0.1, 0.15) is 71.6 Å². The third kappa shape index (κ3) is 5.49. The zero-order chi connectivity index (χ0) is 29.7. The molecule has 0 saturated carbocycles. The van der Waals surface area contributed by atoms with Crippen LogP contribution in [0.4, 0.5) is 0 Å². The van der Waals surface area contributed by atoms with Crippen LogP contribution in [0.3, 0.4) is 0 Å². The van der Waals surface area contributed by atoms with Gasteiger partial charge in [-0.2, -0.15) is 0 Å². The lowest BCUT2D eigenvalue weighted by Gasteiger charge is -2.46. The first-order chi connectivity index (χ1) is 19.0. The van der Waals surface area contributed by atoms with Crippen LogP contribution in [0.25, 0.3) is 10.4 Å². The number of aliphatic hydroxyl groups excluding tert-OH is 1. The van der Waals surface area contributed by atoms with Crippen molar-refractivity contribution in [1.29, 1.82) is 0 Å². The van der Waals surface area contributed by atoms with E-state index in [0.717, 1.165) is 21.7 Å². The third-order valence-electron chi connectivity index (χ3n) is 8.26. The molecule has 2 atom stereocenters. The first-order valence-corrected chi connectivity index (χ1v) is 15.0. The van der Waals surface area contributed by atoms with E-state index in [0.29, 0.717) is 25.7 Å². The number of Topliss-reactive ketones (excluding diaryl/α,β-unsaturated/α-hetero) is 2. The van der Waals surface area contributed by atoms with Crippen molar-refractivity contribution >= 4 is 34.7 Å². The summed E-state index contributed by atoms with van der Waals surface area (Å²) in [7, 11) is 0. The van der Waals surface area contributed by atoms with Gasteiger partial charge in [-0.25, -0.2) is 4.98 Å². The smallest absolute Gasteiger partial charge is 0.262 e. The zero-order valence-electron chi connectivity index (χ0n) is 24.3. The second kappa shape index (κ2) is 13.1. The van der Waals surface area contributed by atoms with Gasteiger partial charge in [-0.1, -0.05) is 52.0 Å². The van der Waals surface area contributed by atoms with E-state index in [1.807, 2.05) is 58.9 Å². The van der Waals surface area contributed by atoms with Gasteiger partial charge in [-0.15, -0.1) is 11.3 Å². The monoisotopic (exact) mass is 570 g/mol. The minimum absolute atomic E-state index is 0.0916. The van der Waals surface area contributed by atoms with E-state index in [-0.39, 0.29) is 13.1 Å². The number of aryl methyl sites for hydroxylation is 1. The normalized spacial score (nSPS) is 20.1. The van der Waals surface area contributed by atoms with Crippen LogP contribution in [0, 0.1) is 24.2 Å². The molecule has 2 aromatic rings. The maximum atomic E-state index is 14.3. The second-order valence-electron chi connectivity index (χ2n) is 10.5. The third-order valence-corrected chi connectivity index (χ3v) is 9.24. The maximum absolute atomic E-state index is 14.3. The summed E-state index contributed by atoms with van der Waals surface area (Å²) in [5.41, 5.74) is 0.215. The molecule has 0 spiro atoms. The molecular weight excluding hydrogens is 528 g/mol. The Morgan fingerprint density at radius 3 is 2.02 bits per heavy atom. The average molecular weight is 571 g/mol. The van der Waals surface area contributed by atoms with Crippen LogP contribution in [0.15, 0.2) is 29.8 Å². The molecule has 1 aliphatic heterocycles.